The Bertz CT molecular complexity index is 1770. The molecule has 0 amide bonds. The summed E-state index contributed by atoms with van der Waals surface area (Å²) in [6, 6.07) is 33.6. The van der Waals surface area contributed by atoms with Gasteiger partial charge < -0.3 is 0 Å². The van der Waals surface area contributed by atoms with Gasteiger partial charge in [-0.15, -0.1) is 0 Å². The molecule has 0 atom stereocenters. The van der Waals surface area contributed by atoms with Gasteiger partial charge in [0.1, 0.15) is 34.2 Å². The summed E-state index contributed by atoms with van der Waals surface area (Å²) >= 11 is 0. The lowest BCUT2D eigenvalue weighted by Gasteiger charge is -2.06. The number of hydrogen-bond donors (Lipinski definition) is 0. The number of hydrogen-bond acceptors (Lipinski definition) is 12. The Labute approximate surface area is 274 Å². The molecule has 0 fully saturated rings. The molecule has 0 unspecified atom stereocenters. The fourth-order valence-corrected chi connectivity index (χ4v) is 4.41. The maximum Gasteiger partial charge on any atom is 0.182 e. The zero-order valence-corrected chi connectivity index (χ0v) is 25.2. The molecule has 0 radical (unpaired) electrons. The van der Waals surface area contributed by atoms with Gasteiger partial charge in [-0.25, -0.2) is 29.9 Å². The molecule has 48 heavy (non-hydrogen) atoms. The summed E-state index contributed by atoms with van der Waals surface area (Å²) in [6.45, 7) is 0. The van der Waals surface area contributed by atoms with E-state index in [0.717, 1.165) is 0 Å². The Kier molecular flexibility index (Phi) is 8.85. The van der Waals surface area contributed by atoms with Gasteiger partial charge in [0, 0.05) is 37.2 Å². The highest BCUT2D eigenvalue weighted by atomic mass is 15.1. The molecule has 0 spiro atoms. The lowest BCUT2D eigenvalue weighted by molar-refractivity contribution is 1.03. The van der Waals surface area contributed by atoms with Crippen molar-refractivity contribution in [3.8, 4) is 69.1 Å². The van der Waals surface area contributed by atoms with E-state index in [0.29, 0.717) is 69.1 Å². The van der Waals surface area contributed by atoms with Gasteiger partial charge in [0.2, 0.25) is 0 Å². The zero-order valence-electron chi connectivity index (χ0n) is 25.2. The summed E-state index contributed by atoms with van der Waals surface area (Å²) in [6.07, 6.45) is 10.3. The van der Waals surface area contributed by atoms with Crippen molar-refractivity contribution in [1.29, 1.82) is 0 Å². The van der Waals surface area contributed by atoms with Gasteiger partial charge in [0.05, 0.1) is 0 Å². The molecule has 0 aromatic carbocycles. The van der Waals surface area contributed by atoms with Crippen molar-refractivity contribution < 1.29 is 0 Å². The average molecular weight is 625 g/mol. The van der Waals surface area contributed by atoms with Crippen LogP contribution in [-0.2, 0) is 0 Å². The smallest absolute Gasteiger partial charge is 0.182 e. The van der Waals surface area contributed by atoms with Crippen molar-refractivity contribution >= 4 is 0 Å². The summed E-state index contributed by atoms with van der Waals surface area (Å²) < 4.78 is 0. The normalized spacial score (nSPS) is 10.5. The van der Waals surface area contributed by atoms with Crippen LogP contribution in [0.4, 0.5) is 0 Å². The number of aromatic nitrogens is 12. The molecule has 12 nitrogen and oxygen atoms in total. The van der Waals surface area contributed by atoms with Crippen LogP contribution >= 0.6 is 0 Å². The van der Waals surface area contributed by atoms with Crippen LogP contribution < -0.4 is 0 Å². The molecule has 0 aliphatic rings. The quantitative estimate of drug-likeness (QED) is 0.209. The third kappa shape index (κ3) is 7.08. The van der Waals surface area contributed by atoms with Crippen molar-refractivity contribution in [3.05, 3.63) is 146 Å². The Morgan fingerprint density at radius 2 is 0.375 bits per heavy atom. The molecule has 8 aromatic heterocycles. The maximum absolute atomic E-state index is 4.52. The van der Waals surface area contributed by atoms with Gasteiger partial charge in [-0.1, -0.05) is 36.4 Å². The Morgan fingerprint density at radius 3 is 0.500 bits per heavy atom. The second-order valence-electron chi connectivity index (χ2n) is 9.90. The van der Waals surface area contributed by atoms with Crippen LogP contribution in [0.5, 0.6) is 0 Å². The number of nitrogens with zero attached hydrogens (tertiary/aromatic N) is 12. The summed E-state index contributed by atoms with van der Waals surface area (Å²) in [4.78, 5) is 53.1. The standard InChI is InChI=1S/2C18H12N6/c2*1-4-10-19-13(7-1)16-22-17(14-8-2-5-11-20-14)24-18(23-16)15-9-3-6-12-21-15/h2*1-12H. The Balaban J connectivity index is 0.000000152. The van der Waals surface area contributed by atoms with Crippen molar-refractivity contribution in [1.82, 2.24) is 59.8 Å². The first-order chi connectivity index (χ1) is 23.8. The molecule has 0 aliphatic carbocycles. The van der Waals surface area contributed by atoms with Gasteiger partial charge >= 0.3 is 0 Å². The molecule has 0 aliphatic heterocycles. The van der Waals surface area contributed by atoms with Crippen LogP contribution in [0.15, 0.2) is 146 Å². The minimum Gasteiger partial charge on any atom is -0.253 e. The van der Waals surface area contributed by atoms with E-state index >= 15 is 0 Å². The lowest BCUT2D eigenvalue weighted by atomic mass is 10.3. The molecule has 8 aromatic rings. The van der Waals surface area contributed by atoms with E-state index in [1.165, 1.54) is 0 Å². The van der Waals surface area contributed by atoms with Gasteiger partial charge in [0.25, 0.3) is 0 Å². The molecule has 12 heteroatoms. The predicted octanol–water partition coefficient (Wildman–Crippen LogP) is 6.12. The van der Waals surface area contributed by atoms with Crippen LogP contribution in [0.2, 0.25) is 0 Å². The highest BCUT2D eigenvalue weighted by Crippen LogP contribution is 2.22. The first-order valence-electron chi connectivity index (χ1n) is 14.8. The number of pyridine rings is 6. The van der Waals surface area contributed by atoms with Crippen LogP contribution in [-0.4, -0.2) is 59.8 Å². The fraction of sp³-hybridized carbons (Fsp3) is 0. The summed E-state index contributed by atoms with van der Waals surface area (Å²) in [7, 11) is 0. The van der Waals surface area contributed by atoms with Crippen molar-refractivity contribution in [2.75, 3.05) is 0 Å². The second kappa shape index (κ2) is 14.3. The van der Waals surface area contributed by atoms with Crippen LogP contribution in [0, 0.1) is 0 Å². The first-order valence-corrected chi connectivity index (χ1v) is 14.8. The van der Waals surface area contributed by atoms with E-state index in [-0.39, 0.29) is 0 Å². The molecule has 0 bridgehead atoms. The minimum absolute atomic E-state index is 0.493. The third-order valence-corrected chi connectivity index (χ3v) is 6.63. The van der Waals surface area contributed by atoms with E-state index in [1.54, 1.807) is 37.2 Å². The summed E-state index contributed by atoms with van der Waals surface area (Å²) in [5.74, 6) is 2.96. The molecular formula is C36H24N12. The molecule has 8 heterocycles. The largest absolute Gasteiger partial charge is 0.253 e. The zero-order chi connectivity index (χ0) is 32.4. The minimum atomic E-state index is 0.493. The third-order valence-electron chi connectivity index (χ3n) is 6.63. The second-order valence-corrected chi connectivity index (χ2v) is 9.90. The van der Waals surface area contributed by atoms with Crippen LogP contribution in [0.25, 0.3) is 69.1 Å². The first kappa shape index (κ1) is 29.6. The van der Waals surface area contributed by atoms with Crippen molar-refractivity contribution in [2.24, 2.45) is 0 Å². The van der Waals surface area contributed by atoms with Gasteiger partial charge in [0.15, 0.2) is 34.9 Å². The van der Waals surface area contributed by atoms with Crippen LogP contribution in [0.1, 0.15) is 0 Å². The van der Waals surface area contributed by atoms with E-state index in [4.69, 9.17) is 0 Å². The maximum atomic E-state index is 4.52. The summed E-state index contributed by atoms with van der Waals surface area (Å²) in [5.41, 5.74) is 4.05. The molecular weight excluding hydrogens is 600 g/mol. The predicted molar refractivity (Wildman–Crippen MR) is 179 cm³/mol. The molecule has 0 saturated carbocycles. The SMILES string of the molecule is c1ccc(-c2nc(-c3ccccn3)nc(-c3ccccn3)n2)nc1.c1ccc(-c2nc(-c3ccccn3)nc(-c3ccccn3)n2)nc1. The molecule has 0 saturated heterocycles. The molecule has 228 valence electrons. The van der Waals surface area contributed by atoms with E-state index in [9.17, 15) is 0 Å². The van der Waals surface area contributed by atoms with E-state index in [2.05, 4.69) is 59.8 Å². The van der Waals surface area contributed by atoms with Crippen LogP contribution in [0.3, 0.4) is 0 Å². The average Bonchev–Trinajstić information content (AvgIpc) is 3.20. The molecule has 8 rings (SSSR count). The monoisotopic (exact) mass is 624 g/mol. The van der Waals surface area contributed by atoms with E-state index < -0.39 is 0 Å². The highest BCUT2D eigenvalue weighted by molar-refractivity contribution is 5.62. The van der Waals surface area contributed by atoms with Crippen molar-refractivity contribution in [2.45, 2.75) is 0 Å². The summed E-state index contributed by atoms with van der Waals surface area (Å²) in [5, 5.41) is 0. The number of rotatable bonds is 6. The highest BCUT2D eigenvalue weighted by Gasteiger charge is 2.15. The van der Waals surface area contributed by atoms with Gasteiger partial charge in [-0.05, 0) is 72.8 Å². The van der Waals surface area contributed by atoms with Gasteiger partial charge in [-0.2, -0.15) is 0 Å². The van der Waals surface area contributed by atoms with E-state index in [1.807, 2.05) is 109 Å². The molecule has 0 N–H and O–H groups in total. The Morgan fingerprint density at radius 1 is 0.208 bits per heavy atom. The lowest BCUT2D eigenvalue weighted by Crippen LogP contribution is -2.02. The Hall–Kier alpha value is -7.08. The van der Waals surface area contributed by atoms with Crippen molar-refractivity contribution in [3.63, 3.8) is 0 Å². The topological polar surface area (TPSA) is 155 Å². The van der Waals surface area contributed by atoms with Gasteiger partial charge in [-0.3, -0.25) is 29.9 Å². The fourth-order valence-electron chi connectivity index (χ4n) is 4.41.